The Labute approximate surface area is 173 Å². The predicted molar refractivity (Wildman–Crippen MR) is 122 cm³/mol. The van der Waals surface area contributed by atoms with Crippen molar-refractivity contribution < 1.29 is 13.3 Å². The van der Waals surface area contributed by atoms with Gasteiger partial charge in [0.15, 0.2) is 4.34 Å². The molecule has 4 nitrogen and oxygen atoms in total. The molecule has 0 N–H and O–H groups in total. The van der Waals surface area contributed by atoms with Crippen LogP contribution in [0.5, 0.6) is 0 Å². The second-order valence-electron chi connectivity index (χ2n) is 4.96. The van der Waals surface area contributed by atoms with Gasteiger partial charge in [0, 0.05) is 32.6 Å². The van der Waals surface area contributed by atoms with Gasteiger partial charge < -0.3 is 13.3 Å². The molecule has 0 aliphatic rings. The Bertz CT molecular complexity index is 601. The maximum absolute atomic E-state index is 5.53. The van der Waals surface area contributed by atoms with Crippen LogP contribution in [0.25, 0.3) is 10.2 Å². The molecule has 2 rings (SSSR count). The van der Waals surface area contributed by atoms with E-state index in [4.69, 9.17) is 13.3 Å². The summed E-state index contributed by atoms with van der Waals surface area (Å²) in [5.41, 5.74) is 1.37. The number of benzene rings is 1. The van der Waals surface area contributed by atoms with Crippen LogP contribution in [0.3, 0.4) is 0 Å². The number of nitrogens with zero attached hydrogens (tertiary/aromatic N) is 1. The largest absolute Gasteiger partial charge is 0.503 e. The summed E-state index contributed by atoms with van der Waals surface area (Å²) in [4.78, 5) is 4.62. The van der Waals surface area contributed by atoms with Crippen molar-refractivity contribution in [2.45, 2.75) is 23.2 Å². The van der Waals surface area contributed by atoms with E-state index in [9.17, 15) is 0 Å². The fraction of sp³-hybridized carbons (Fsp3) is 0.500. The maximum Gasteiger partial charge on any atom is 0.503 e. The van der Waals surface area contributed by atoms with Crippen molar-refractivity contribution in [2.75, 3.05) is 27.1 Å². The van der Waals surface area contributed by atoms with Crippen molar-refractivity contribution in [3.63, 3.8) is 0 Å². The molecule has 1 atom stereocenters. The van der Waals surface area contributed by atoms with E-state index in [1.54, 1.807) is 72.9 Å². The van der Waals surface area contributed by atoms with E-state index in [1.165, 1.54) is 4.70 Å². The van der Waals surface area contributed by atoms with Crippen molar-refractivity contribution in [2.24, 2.45) is 0 Å². The van der Waals surface area contributed by atoms with Gasteiger partial charge in [0.25, 0.3) is 0 Å². The lowest BCUT2D eigenvalue weighted by atomic mass is 10.3. The van der Waals surface area contributed by atoms with Crippen LogP contribution >= 0.6 is 62.4 Å². The number of para-hydroxylation sites is 1. The second kappa shape index (κ2) is 11.7. The lowest BCUT2D eigenvalue weighted by Gasteiger charge is -2.29. The van der Waals surface area contributed by atoms with Gasteiger partial charge in [-0.05, 0) is 58.8 Å². The zero-order valence-corrected chi connectivity index (χ0v) is 20.3. The highest BCUT2D eigenvalue weighted by atomic mass is 33.8. The second-order valence-corrected chi connectivity index (χ2v) is 17.4. The monoisotopic (exact) mass is 471 g/mol. The Kier molecular flexibility index (Phi) is 10.4. The van der Waals surface area contributed by atoms with Gasteiger partial charge in [0.05, 0.1) is 10.2 Å². The van der Waals surface area contributed by atoms with Crippen LogP contribution in [0.15, 0.2) is 28.6 Å². The number of fused-ring (bicyclic) bond motifs is 1. The average molecular weight is 472 g/mol. The van der Waals surface area contributed by atoms with Crippen LogP contribution in [0.1, 0.15) is 13.3 Å². The molecule has 0 spiro atoms. The van der Waals surface area contributed by atoms with E-state index in [0.717, 1.165) is 22.0 Å². The molecule has 0 radical (unpaired) electrons. The van der Waals surface area contributed by atoms with Gasteiger partial charge in [0.2, 0.25) is 0 Å². The van der Waals surface area contributed by atoms with Gasteiger partial charge in [0.1, 0.15) is 0 Å². The molecule has 140 valence electrons. The van der Waals surface area contributed by atoms with Crippen molar-refractivity contribution >= 4 is 81.4 Å². The molecule has 0 aliphatic heterocycles. The summed E-state index contributed by atoms with van der Waals surface area (Å²) in [6.07, 6.45) is 1.01. The maximum atomic E-state index is 5.53. The van der Waals surface area contributed by atoms with Crippen LogP contribution < -0.4 is 0 Å². The molecule has 0 amide bonds. The van der Waals surface area contributed by atoms with E-state index in [-0.39, 0.29) is 5.54 Å². The average Bonchev–Trinajstić information content (AvgIpc) is 3.05. The van der Waals surface area contributed by atoms with Crippen molar-refractivity contribution in [3.8, 4) is 0 Å². The van der Waals surface area contributed by atoms with Crippen LogP contribution in [0.2, 0.25) is 5.54 Å². The van der Waals surface area contributed by atoms with Crippen LogP contribution in [0.4, 0.5) is 0 Å². The minimum atomic E-state index is -2.50. The Hall–Kier alpha value is 0.957. The van der Waals surface area contributed by atoms with Gasteiger partial charge in [-0.2, -0.15) is 0 Å². The summed E-state index contributed by atoms with van der Waals surface area (Å²) >= 11 is 1.74. The van der Waals surface area contributed by atoms with Gasteiger partial charge in [-0.15, -0.1) is 11.3 Å². The Balaban J connectivity index is 1.60. The fourth-order valence-electron chi connectivity index (χ4n) is 2.25. The number of thiazole rings is 1. The topological polar surface area (TPSA) is 40.6 Å². The van der Waals surface area contributed by atoms with Crippen LogP contribution in [-0.2, 0) is 13.3 Å². The third-order valence-electron chi connectivity index (χ3n) is 3.57. The summed E-state index contributed by atoms with van der Waals surface area (Å²) in [6, 6.07) is 8.26. The first-order chi connectivity index (χ1) is 12.1. The van der Waals surface area contributed by atoms with Crippen molar-refractivity contribution in [1.29, 1.82) is 0 Å². The lowest BCUT2D eigenvalue weighted by molar-refractivity contribution is 0.112. The number of aromatic nitrogens is 1. The zero-order chi connectivity index (χ0) is 18.1. The minimum Gasteiger partial charge on any atom is -0.377 e. The summed E-state index contributed by atoms with van der Waals surface area (Å²) in [6.45, 7) is 2.14. The molecule has 0 aliphatic carbocycles. The van der Waals surface area contributed by atoms with Gasteiger partial charge in [-0.25, -0.2) is 4.98 Å². The zero-order valence-electron chi connectivity index (χ0n) is 14.4. The highest BCUT2D eigenvalue weighted by Gasteiger charge is 2.44. The fourth-order valence-corrected chi connectivity index (χ4v) is 14.9. The van der Waals surface area contributed by atoms with Crippen LogP contribution in [-0.4, -0.2) is 40.9 Å². The Morgan fingerprint density at radius 1 is 1.08 bits per heavy atom. The Morgan fingerprint density at radius 2 is 1.80 bits per heavy atom. The molecule has 2 aromatic rings. The molecule has 11 heteroatoms. The van der Waals surface area contributed by atoms with Crippen LogP contribution in [0, 0.1) is 0 Å². The summed E-state index contributed by atoms with van der Waals surface area (Å²) in [7, 11) is 11.4. The van der Waals surface area contributed by atoms with Gasteiger partial charge in [-0.1, -0.05) is 29.9 Å². The van der Waals surface area contributed by atoms with E-state index in [2.05, 4.69) is 30.1 Å². The number of hydrogen-bond donors (Lipinski definition) is 0. The molecular weight excluding hydrogens is 451 g/mol. The normalized spacial score (nSPS) is 13.4. The molecule has 0 saturated heterocycles. The van der Waals surface area contributed by atoms with Crippen molar-refractivity contribution in [1.82, 2.24) is 4.98 Å². The van der Waals surface area contributed by atoms with E-state index in [0.29, 0.717) is 0 Å². The highest BCUT2D eigenvalue weighted by molar-refractivity contribution is 9.35. The lowest BCUT2D eigenvalue weighted by Crippen LogP contribution is -2.46. The van der Waals surface area contributed by atoms with Gasteiger partial charge in [-0.3, -0.25) is 0 Å². The SMILES string of the molecule is CO[Si](OC)(OC)C(C)CCSSSSSc1nc2ccccc2s1. The van der Waals surface area contributed by atoms with Gasteiger partial charge >= 0.3 is 8.80 Å². The molecule has 1 unspecified atom stereocenters. The first-order valence-electron chi connectivity index (χ1n) is 7.45. The van der Waals surface area contributed by atoms with E-state index < -0.39 is 8.80 Å². The third-order valence-corrected chi connectivity index (χ3v) is 16.6. The first-order valence-corrected chi connectivity index (χ1v) is 16.4. The van der Waals surface area contributed by atoms with E-state index >= 15 is 0 Å². The molecule has 25 heavy (non-hydrogen) atoms. The molecule has 0 saturated carbocycles. The minimum absolute atomic E-state index is 0.287. The standard InChI is InChI=1S/C14H21NO3S6Si/c1-11(25(16-2,17-3)18-4)9-10-19-22-24-23-21-14-15-12-7-5-6-8-13(12)20-14/h5-8,11H,9-10H2,1-4H3. The molecule has 1 heterocycles. The molecule has 0 fully saturated rings. The van der Waals surface area contributed by atoms with E-state index in [1.807, 2.05) is 16.9 Å². The Morgan fingerprint density at radius 3 is 2.48 bits per heavy atom. The first kappa shape index (κ1) is 22.2. The summed E-state index contributed by atoms with van der Waals surface area (Å²) in [5.74, 6) is 1.04. The quantitative estimate of drug-likeness (QED) is 0.192. The molecule has 0 bridgehead atoms. The smallest absolute Gasteiger partial charge is 0.377 e. The highest BCUT2D eigenvalue weighted by Crippen LogP contribution is 2.52. The number of hydrogen-bond acceptors (Lipinski definition) is 10. The number of rotatable bonds is 12. The third kappa shape index (κ3) is 6.51. The summed E-state index contributed by atoms with van der Waals surface area (Å²) in [5, 5.41) is 0. The molecule has 1 aromatic heterocycles. The molecule has 1 aromatic carbocycles. The molecular formula is C14H21NO3S6Si. The predicted octanol–water partition coefficient (Wildman–Crippen LogP) is 6.64. The van der Waals surface area contributed by atoms with Crippen molar-refractivity contribution in [3.05, 3.63) is 24.3 Å². The summed E-state index contributed by atoms with van der Waals surface area (Å²) < 4.78 is 18.9.